The van der Waals surface area contributed by atoms with E-state index in [2.05, 4.69) is 49.2 Å². The highest BCUT2D eigenvalue weighted by molar-refractivity contribution is 6.30. The molecule has 4 aromatic rings. The van der Waals surface area contributed by atoms with E-state index in [9.17, 15) is 9.90 Å². The van der Waals surface area contributed by atoms with Gasteiger partial charge in [0.1, 0.15) is 11.4 Å². The average molecular weight is 557 g/mol. The van der Waals surface area contributed by atoms with Crippen LogP contribution in [0.5, 0.6) is 0 Å². The lowest BCUT2D eigenvalue weighted by Crippen LogP contribution is -2.48. The van der Waals surface area contributed by atoms with Crippen LogP contribution in [0.1, 0.15) is 35.6 Å². The van der Waals surface area contributed by atoms with Crippen molar-refractivity contribution >= 4 is 23.4 Å². The van der Waals surface area contributed by atoms with E-state index in [1.807, 2.05) is 42.1 Å². The number of halogens is 1. The van der Waals surface area contributed by atoms with Gasteiger partial charge < -0.3 is 10.0 Å². The van der Waals surface area contributed by atoms with Crippen molar-refractivity contribution in [2.45, 2.75) is 31.8 Å². The second-order valence-electron chi connectivity index (χ2n) is 10.7. The van der Waals surface area contributed by atoms with Gasteiger partial charge in [0, 0.05) is 60.6 Å². The minimum absolute atomic E-state index is 0.351. The smallest absolute Gasteiger partial charge is 0.407 e. The number of hydrogen-bond acceptors (Lipinski definition) is 6. The lowest BCUT2D eigenvalue weighted by Gasteiger charge is -2.32. The van der Waals surface area contributed by atoms with Crippen molar-refractivity contribution in [1.29, 1.82) is 0 Å². The minimum Gasteiger partial charge on any atom is -0.465 e. The van der Waals surface area contributed by atoms with Crippen LogP contribution < -0.4 is 0 Å². The van der Waals surface area contributed by atoms with Gasteiger partial charge in [0.05, 0.1) is 24.1 Å². The second kappa shape index (κ2) is 9.57. The topological polar surface area (TPSA) is 105 Å². The number of benzene rings is 2. The number of carbonyl (C=O) groups is 1. The number of aliphatic imine (C=N–C) groups is 1. The van der Waals surface area contributed by atoms with Crippen LogP contribution >= 0.6 is 11.6 Å². The molecule has 40 heavy (non-hydrogen) atoms. The SMILES string of the molecule is Cc1nnc2n1-c1ccc(-c3cnn(CCN4CCN(C(=O)O)CC4)c3)cc1C(c1ccc(Cl)cc1)=NC21CC1. The molecule has 11 heteroatoms. The molecule has 204 valence electrons. The summed E-state index contributed by atoms with van der Waals surface area (Å²) >= 11 is 6.23. The van der Waals surface area contributed by atoms with Gasteiger partial charge in [0.2, 0.25) is 0 Å². The first kappa shape index (κ1) is 25.0. The first-order valence-corrected chi connectivity index (χ1v) is 13.9. The van der Waals surface area contributed by atoms with Crippen molar-refractivity contribution in [1.82, 2.24) is 34.3 Å². The van der Waals surface area contributed by atoms with Crippen LogP contribution in [0.15, 0.2) is 59.9 Å². The highest BCUT2D eigenvalue weighted by atomic mass is 35.5. The molecular formula is C29H29ClN8O2. The number of nitrogens with zero attached hydrogens (tertiary/aromatic N) is 8. The Morgan fingerprint density at radius 1 is 0.975 bits per heavy atom. The summed E-state index contributed by atoms with van der Waals surface area (Å²) in [5.74, 6) is 1.75. The van der Waals surface area contributed by atoms with E-state index in [-0.39, 0.29) is 5.54 Å². The van der Waals surface area contributed by atoms with Gasteiger partial charge in [-0.2, -0.15) is 5.10 Å². The van der Waals surface area contributed by atoms with E-state index in [1.165, 1.54) is 4.90 Å². The molecule has 1 N–H and O–H groups in total. The van der Waals surface area contributed by atoms with Crippen molar-refractivity contribution in [3.8, 4) is 16.8 Å². The molecule has 1 spiro atoms. The Labute approximate surface area is 236 Å². The summed E-state index contributed by atoms with van der Waals surface area (Å²) in [5, 5.41) is 23.5. The molecule has 0 radical (unpaired) electrons. The van der Waals surface area contributed by atoms with Crippen LogP contribution in [0.3, 0.4) is 0 Å². The van der Waals surface area contributed by atoms with Crippen LogP contribution in [0.2, 0.25) is 5.02 Å². The molecule has 10 nitrogen and oxygen atoms in total. The molecule has 1 aliphatic carbocycles. The molecule has 2 fully saturated rings. The maximum atomic E-state index is 11.2. The van der Waals surface area contributed by atoms with Gasteiger partial charge in [-0.25, -0.2) is 4.79 Å². The normalized spacial score (nSPS) is 17.8. The molecule has 0 atom stereocenters. The van der Waals surface area contributed by atoms with Crippen LogP contribution in [-0.2, 0) is 12.1 Å². The maximum absolute atomic E-state index is 11.2. The van der Waals surface area contributed by atoms with Gasteiger partial charge in [0.25, 0.3) is 0 Å². The summed E-state index contributed by atoms with van der Waals surface area (Å²) < 4.78 is 4.12. The minimum atomic E-state index is -0.843. The van der Waals surface area contributed by atoms with Gasteiger partial charge in [-0.15, -0.1) is 10.2 Å². The second-order valence-corrected chi connectivity index (χ2v) is 11.2. The van der Waals surface area contributed by atoms with Crippen molar-refractivity contribution in [3.05, 3.63) is 82.7 Å². The predicted molar refractivity (Wildman–Crippen MR) is 151 cm³/mol. The summed E-state index contributed by atoms with van der Waals surface area (Å²) in [5.41, 5.74) is 5.73. The molecular weight excluding hydrogens is 528 g/mol. The Balaban J connectivity index is 1.20. The van der Waals surface area contributed by atoms with Gasteiger partial charge in [-0.1, -0.05) is 29.8 Å². The summed E-state index contributed by atoms with van der Waals surface area (Å²) in [6, 6.07) is 14.3. The Kier molecular flexibility index (Phi) is 5.97. The van der Waals surface area contributed by atoms with Crippen molar-refractivity contribution in [2.24, 2.45) is 4.99 Å². The summed E-state index contributed by atoms with van der Waals surface area (Å²) in [7, 11) is 0. The first-order chi connectivity index (χ1) is 19.4. The van der Waals surface area contributed by atoms with Crippen molar-refractivity contribution in [2.75, 3.05) is 32.7 Å². The summed E-state index contributed by atoms with van der Waals surface area (Å²) in [6.07, 6.45) is 5.02. The number of amides is 1. The third kappa shape index (κ3) is 4.37. The van der Waals surface area contributed by atoms with Crippen molar-refractivity contribution in [3.63, 3.8) is 0 Å². The standard InChI is InChI=1S/C29H29ClN8O2/c1-19-33-34-27-29(8-9-29)32-26(20-2-5-23(30)6-3-20)24-16-21(4-7-25(24)38(19)27)22-17-31-37(18-22)15-12-35-10-13-36(14-11-35)28(39)40/h2-7,16-18H,8-15H2,1H3,(H,39,40). The number of carboxylic acid groups (broad SMARTS) is 1. The van der Waals surface area contributed by atoms with Gasteiger partial charge in [-0.05, 0) is 49.6 Å². The number of piperazine rings is 1. The quantitative estimate of drug-likeness (QED) is 0.394. The van der Waals surface area contributed by atoms with Crippen LogP contribution in [0, 0.1) is 6.92 Å². The van der Waals surface area contributed by atoms with E-state index >= 15 is 0 Å². The fraction of sp³-hybridized carbons (Fsp3) is 0.345. The highest BCUT2D eigenvalue weighted by Crippen LogP contribution is 2.51. The average Bonchev–Trinajstić information content (AvgIpc) is 3.44. The number of fused-ring (bicyclic) bond motifs is 4. The monoisotopic (exact) mass is 556 g/mol. The van der Waals surface area contributed by atoms with E-state index < -0.39 is 6.09 Å². The largest absolute Gasteiger partial charge is 0.465 e. The Morgan fingerprint density at radius 2 is 1.73 bits per heavy atom. The fourth-order valence-corrected chi connectivity index (χ4v) is 5.83. The molecule has 2 aliphatic heterocycles. The summed E-state index contributed by atoms with van der Waals surface area (Å²) in [4.78, 5) is 20.3. The maximum Gasteiger partial charge on any atom is 0.407 e. The Bertz CT molecular complexity index is 1630. The zero-order valence-electron chi connectivity index (χ0n) is 22.2. The molecule has 0 bridgehead atoms. The third-order valence-corrected chi connectivity index (χ3v) is 8.41. The molecule has 1 saturated heterocycles. The van der Waals surface area contributed by atoms with Crippen LogP contribution in [-0.4, -0.2) is 84.0 Å². The molecule has 3 aliphatic rings. The predicted octanol–water partition coefficient (Wildman–Crippen LogP) is 4.23. The Morgan fingerprint density at radius 3 is 2.45 bits per heavy atom. The van der Waals surface area contributed by atoms with Crippen molar-refractivity contribution < 1.29 is 9.90 Å². The lowest BCUT2D eigenvalue weighted by atomic mass is 9.96. The number of rotatable bonds is 5. The molecule has 4 heterocycles. The highest BCUT2D eigenvalue weighted by Gasteiger charge is 2.51. The molecule has 1 saturated carbocycles. The molecule has 2 aromatic carbocycles. The molecule has 1 amide bonds. The zero-order valence-corrected chi connectivity index (χ0v) is 22.9. The molecule has 7 rings (SSSR count). The van der Waals surface area contributed by atoms with Crippen LogP contribution in [0.25, 0.3) is 16.8 Å². The van der Waals surface area contributed by atoms with E-state index in [1.54, 1.807) is 0 Å². The summed E-state index contributed by atoms with van der Waals surface area (Å²) in [6.45, 7) is 6.12. The van der Waals surface area contributed by atoms with E-state index in [0.29, 0.717) is 18.1 Å². The van der Waals surface area contributed by atoms with E-state index in [0.717, 1.165) is 84.3 Å². The first-order valence-electron chi connectivity index (χ1n) is 13.6. The van der Waals surface area contributed by atoms with Gasteiger partial charge >= 0.3 is 6.09 Å². The number of aromatic nitrogens is 5. The number of aryl methyl sites for hydroxylation is 1. The lowest BCUT2D eigenvalue weighted by molar-refractivity contribution is 0.103. The fourth-order valence-electron chi connectivity index (χ4n) is 5.70. The zero-order chi connectivity index (χ0) is 27.4. The molecule has 0 unspecified atom stereocenters. The third-order valence-electron chi connectivity index (χ3n) is 8.16. The van der Waals surface area contributed by atoms with Gasteiger partial charge in [0.15, 0.2) is 5.82 Å². The number of hydrogen-bond donors (Lipinski definition) is 1. The Hall–Kier alpha value is -4.02. The van der Waals surface area contributed by atoms with E-state index in [4.69, 9.17) is 16.6 Å². The molecule has 2 aromatic heterocycles. The van der Waals surface area contributed by atoms with Crippen LogP contribution in [0.4, 0.5) is 4.79 Å². The van der Waals surface area contributed by atoms with Gasteiger partial charge in [-0.3, -0.25) is 19.1 Å².